The van der Waals surface area contributed by atoms with Crippen molar-refractivity contribution in [3.8, 4) is 28.4 Å². The van der Waals surface area contributed by atoms with Gasteiger partial charge in [-0.05, 0) is 117 Å². The predicted molar refractivity (Wildman–Crippen MR) is 246 cm³/mol. The Labute approximate surface area is 369 Å². The van der Waals surface area contributed by atoms with Crippen LogP contribution in [0.5, 0.6) is 17.2 Å². The van der Waals surface area contributed by atoms with Crippen LogP contribution >= 0.6 is 0 Å². The lowest BCUT2D eigenvalue weighted by Crippen LogP contribution is -2.70. The van der Waals surface area contributed by atoms with Crippen molar-refractivity contribution in [2.45, 2.75) is 123 Å². The number of oxime groups is 1. The highest BCUT2D eigenvalue weighted by Crippen LogP contribution is 2.62. The molecule has 10 nitrogen and oxygen atoms in total. The number of allylic oxidation sites excluding steroid dienone is 1. The summed E-state index contributed by atoms with van der Waals surface area (Å²) in [6, 6.07) is 23.8. The van der Waals surface area contributed by atoms with Gasteiger partial charge in [0.25, 0.3) is 0 Å². The van der Waals surface area contributed by atoms with E-state index in [0.717, 1.165) is 53.7 Å². The fraction of sp³-hybridized carbons (Fsp3) is 0.538. The first-order chi connectivity index (χ1) is 29.7. The Morgan fingerprint density at radius 2 is 1.60 bits per heavy atom. The fourth-order valence-electron chi connectivity index (χ4n) is 9.36. The molecule has 0 saturated heterocycles. The third-order valence-corrected chi connectivity index (χ3v) is 12.0. The summed E-state index contributed by atoms with van der Waals surface area (Å²) in [4.78, 5) is 22.5. The lowest BCUT2D eigenvalue weighted by atomic mass is 9.55. The van der Waals surface area contributed by atoms with Gasteiger partial charge in [-0.25, -0.2) is 4.79 Å². The second kappa shape index (κ2) is 20.7. The molecule has 2 aliphatic carbocycles. The molecule has 0 bridgehead atoms. The first-order valence-electron chi connectivity index (χ1n) is 22.7. The Hall–Kier alpha value is -4.64. The molecule has 3 aromatic carbocycles. The molecule has 1 aliphatic heterocycles. The third kappa shape index (κ3) is 11.1. The predicted octanol–water partition coefficient (Wildman–Crippen LogP) is 11.5. The highest BCUT2D eigenvalue weighted by Gasteiger charge is 2.65. The second-order valence-corrected chi connectivity index (χ2v) is 19.3. The highest BCUT2D eigenvalue weighted by molar-refractivity contribution is 6.03. The molecule has 1 fully saturated rings. The lowest BCUT2D eigenvalue weighted by molar-refractivity contribution is -0.255. The van der Waals surface area contributed by atoms with E-state index in [1.54, 1.807) is 11.0 Å². The Morgan fingerprint density at radius 1 is 0.919 bits per heavy atom. The summed E-state index contributed by atoms with van der Waals surface area (Å²) in [7, 11) is 0. The number of ether oxygens (including phenoxy) is 4. The van der Waals surface area contributed by atoms with Crippen molar-refractivity contribution in [2.75, 3.05) is 33.0 Å². The minimum absolute atomic E-state index is 0.0831. The zero-order valence-corrected chi connectivity index (χ0v) is 38.1. The molecule has 6 atom stereocenters. The van der Waals surface area contributed by atoms with Crippen LogP contribution in [-0.4, -0.2) is 77.3 Å². The van der Waals surface area contributed by atoms with Crippen LogP contribution in [0.1, 0.15) is 111 Å². The van der Waals surface area contributed by atoms with Gasteiger partial charge in [-0.3, -0.25) is 4.90 Å². The fourth-order valence-corrected chi connectivity index (χ4v) is 9.36. The molecule has 6 rings (SSSR count). The van der Waals surface area contributed by atoms with E-state index in [4.69, 9.17) is 28.9 Å². The molecule has 1 saturated carbocycles. The van der Waals surface area contributed by atoms with Crippen LogP contribution in [0, 0.1) is 23.2 Å². The number of aliphatic hydroxyl groups excluding tert-OH is 2. The first-order valence-corrected chi connectivity index (χ1v) is 22.7. The molecule has 3 aromatic rings. The number of rotatable bonds is 19. The Balaban J connectivity index is 1.55. The van der Waals surface area contributed by atoms with Crippen LogP contribution < -0.4 is 9.47 Å². The number of carbonyl (C=O) groups is 1. The van der Waals surface area contributed by atoms with Crippen LogP contribution in [-0.2, 0) is 14.3 Å². The maximum atomic E-state index is 14.5. The van der Waals surface area contributed by atoms with Crippen LogP contribution in [0.2, 0.25) is 0 Å². The number of hydrogen-bond acceptors (Lipinski definition) is 9. The molecule has 0 radical (unpaired) electrons. The molecule has 2 N–H and O–H groups in total. The van der Waals surface area contributed by atoms with Crippen LogP contribution in [0.25, 0.3) is 11.1 Å². The van der Waals surface area contributed by atoms with E-state index in [2.05, 4.69) is 49.9 Å². The Morgan fingerprint density at radius 3 is 2.24 bits per heavy atom. The van der Waals surface area contributed by atoms with E-state index >= 15 is 0 Å². The third-order valence-electron chi connectivity index (χ3n) is 12.0. The van der Waals surface area contributed by atoms with Crippen LogP contribution in [0.4, 0.5) is 4.79 Å². The zero-order valence-electron chi connectivity index (χ0n) is 38.1. The zero-order chi connectivity index (χ0) is 44.5. The van der Waals surface area contributed by atoms with E-state index in [1.165, 1.54) is 0 Å². The quantitative estimate of drug-likeness (QED) is 0.0695. The van der Waals surface area contributed by atoms with Crippen molar-refractivity contribution in [2.24, 2.45) is 28.3 Å². The minimum Gasteiger partial charge on any atom is -0.459 e. The molecule has 3 aliphatic rings. The van der Waals surface area contributed by atoms with Gasteiger partial charge < -0.3 is 34.0 Å². The van der Waals surface area contributed by atoms with E-state index in [9.17, 15) is 15.0 Å². The lowest BCUT2D eigenvalue weighted by Gasteiger charge is -2.60. The molecule has 1 heterocycles. The summed E-state index contributed by atoms with van der Waals surface area (Å²) in [6.07, 6.45) is 9.39. The van der Waals surface area contributed by atoms with Crippen molar-refractivity contribution in [3.63, 3.8) is 0 Å². The van der Waals surface area contributed by atoms with E-state index in [-0.39, 0.29) is 49.6 Å². The smallest absolute Gasteiger partial charge is 0.410 e. The van der Waals surface area contributed by atoms with Gasteiger partial charge in [0.15, 0.2) is 0 Å². The number of benzene rings is 3. The topological polar surface area (TPSA) is 119 Å². The van der Waals surface area contributed by atoms with Crippen molar-refractivity contribution >= 4 is 11.8 Å². The second-order valence-electron chi connectivity index (χ2n) is 19.3. The van der Waals surface area contributed by atoms with Crippen molar-refractivity contribution < 1.29 is 38.8 Å². The van der Waals surface area contributed by atoms with Gasteiger partial charge in [0.2, 0.25) is 5.79 Å². The van der Waals surface area contributed by atoms with E-state index in [1.807, 2.05) is 84.0 Å². The summed E-state index contributed by atoms with van der Waals surface area (Å²) >= 11 is 0. The molecular formula is C52H70N2O8. The molecule has 0 aromatic heterocycles. The maximum Gasteiger partial charge on any atom is 0.410 e. The summed E-state index contributed by atoms with van der Waals surface area (Å²) in [6.45, 7) is 19.2. The van der Waals surface area contributed by atoms with Gasteiger partial charge in [0.05, 0.1) is 24.8 Å². The molecule has 10 heteroatoms. The van der Waals surface area contributed by atoms with Crippen molar-refractivity contribution in [1.29, 1.82) is 0 Å². The number of hydrogen-bond donors (Lipinski definition) is 2. The summed E-state index contributed by atoms with van der Waals surface area (Å²) < 4.78 is 27.2. The van der Waals surface area contributed by atoms with E-state index < -0.39 is 29.4 Å². The first kappa shape index (κ1) is 46.9. The number of carbonyl (C=O) groups excluding carboxylic acids is 1. The van der Waals surface area contributed by atoms with Gasteiger partial charge in [-0.15, -0.1) is 6.58 Å². The number of fused-ring (bicyclic) bond motifs is 2. The number of amides is 1. The SMILES string of the molecule is C=CCO[C@@]12Oc3ccc(Oc4ccc(-c5ccccc5)cc4)cc3[C@H]3[C@H](CCCCO)[C@@H](CCCCO)C=C(C(=NOC(C)(C)C)C[C@@H]1N(CCC)C(=O)OCC(C)(C)C)[C@H]32. The number of unbranched alkanes of at least 4 members (excludes halogenated alkanes) is 2. The van der Waals surface area contributed by atoms with Gasteiger partial charge in [0, 0.05) is 37.7 Å². The Kier molecular flexibility index (Phi) is 15.6. The van der Waals surface area contributed by atoms with Crippen LogP contribution in [0.15, 0.2) is 102 Å². The summed E-state index contributed by atoms with van der Waals surface area (Å²) in [5, 5.41) is 24.9. The van der Waals surface area contributed by atoms with E-state index in [0.29, 0.717) is 49.5 Å². The monoisotopic (exact) mass is 851 g/mol. The van der Waals surface area contributed by atoms with Crippen molar-refractivity contribution in [1.82, 2.24) is 4.90 Å². The van der Waals surface area contributed by atoms with Gasteiger partial charge >= 0.3 is 6.09 Å². The highest BCUT2D eigenvalue weighted by atomic mass is 16.7. The average molecular weight is 851 g/mol. The van der Waals surface area contributed by atoms with Crippen LogP contribution in [0.3, 0.4) is 0 Å². The summed E-state index contributed by atoms with van der Waals surface area (Å²) in [5.74, 6) is 0.273. The minimum atomic E-state index is -1.37. The van der Waals surface area contributed by atoms with Gasteiger partial charge in [-0.2, -0.15) is 0 Å². The average Bonchev–Trinajstić information content (AvgIpc) is 3.24. The molecule has 0 unspecified atom stereocenters. The normalized spacial score (nSPS) is 23.7. The van der Waals surface area contributed by atoms with Gasteiger partial charge in [0.1, 0.15) is 28.9 Å². The maximum absolute atomic E-state index is 14.5. The number of nitrogens with zero attached hydrogens (tertiary/aromatic N) is 2. The van der Waals surface area contributed by atoms with Crippen molar-refractivity contribution in [3.05, 3.63) is 103 Å². The molecule has 336 valence electrons. The largest absolute Gasteiger partial charge is 0.459 e. The Bertz CT molecular complexity index is 2000. The molecular weight excluding hydrogens is 781 g/mol. The molecule has 1 amide bonds. The molecule has 62 heavy (non-hydrogen) atoms. The van der Waals surface area contributed by atoms with Gasteiger partial charge in [-0.1, -0.05) is 100 Å². The summed E-state index contributed by atoms with van der Waals surface area (Å²) in [5.41, 5.74) is 4.15. The molecule has 0 spiro atoms. The number of aliphatic hydroxyl groups is 2. The standard InChI is InChI=1S/C52H70N2O8/c1-9-28-54(49(57)58-35-50(3,4)5)46-34-44(53-62-51(6,7)8)42-32-38(20-14-16-29-55)41(21-15-17-30-56)47-43-33-40(26-27-45(43)61-52(46,48(42)47)59-31-10-2)60-39-24-22-37(23-25-39)36-18-12-11-13-19-36/h10-13,18-19,22-27,32-33,38,41,46-48,55-56H,2,9,14-17,20-21,28-31,34-35H2,1,3-8H3/t38-,41+,46-,47+,48+,52+/m0/s1.